The van der Waals surface area contributed by atoms with Crippen molar-refractivity contribution in [3.8, 4) is 11.5 Å². The molecule has 0 aliphatic heterocycles. The largest absolute Gasteiger partial charge is 0.493 e. The van der Waals surface area contributed by atoms with Crippen LogP contribution in [0, 0.1) is 13.8 Å². The number of aromatic nitrogens is 1. The molecule has 0 saturated heterocycles. The summed E-state index contributed by atoms with van der Waals surface area (Å²) in [5.74, 6) is -0.232. The van der Waals surface area contributed by atoms with Crippen LogP contribution in [-0.4, -0.2) is 42.8 Å². The van der Waals surface area contributed by atoms with Gasteiger partial charge in [-0.05, 0) is 32.0 Å². The second kappa shape index (κ2) is 9.49. The highest BCUT2D eigenvalue weighted by Gasteiger charge is 2.30. The summed E-state index contributed by atoms with van der Waals surface area (Å²) in [6.45, 7) is 1.20. The molecule has 6 nitrogen and oxygen atoms in total. The zero-order chi connectivity index (χ0) is 21.6. The fourth-order valence-electron chi connectivity index (χ4n) is 2.78. The van der Waals surface area contributed by atoms with Gasteiger partial charge in [-0.2, -0.15) is 13.2 Å². The van der Waals surface area contributed by atoms with E-state index in [0.29, 0.717) is 17.2 Å². The smallest absolute Gasteiger partial charge is 0.406 e. The second-order valence-corrected chi connectivity index (χ2v) is 6.32. The summed E-state index contributed by atoms with van der Waals surface area (Å²) in [5.41, 5.74) is 0.588. The minimum absolute atomic E-state index is 0.0213. The molecule has 2 rings (SSSR count). The van der Waals surface area contributed by atoms with E-state index in [1.54, 1.807) is 24.3 Å². The van der Waals surface area contributed by atoms with Gasteiger partial charge in [0.25, 0.3) is 0 Å². The fourth-order valence-corrected chi connectivity index (χ4v) is 2.78. The van der Waals surface area contributed by atoms with Crippen LogP contribution in [0.4, 0.5) is 13.2 Å². The lowest BCUT2D eigenvalue weighted by Crippen LogP contribution is -2.20. The van der Waals surface area contributed by atoms with Gasteiger partial charge in [0.05, 0.1) is 20.1 Å². The Balaban J connectivity index is 1.86. The van der Waals surface area contributed by atoms with E-state index in [1.165, 1.54) is 27.0 Å². The molecule has 0 bridgehead atoms. The number of para-hydroxylation sites is 2. The van der Waals surface area contributed by atoms with Gasteiger partial charge in [0, 0.05) is 17.0 Å². The molecule has 0 atom stereocenters. The van der Waals surface area contributed by atoms with Crippen LogP contribution >= 0.6 is 0 Å². The van der Waals surface area contributed by atoms with Crippen molar-refractivity contribution in [3.05, 3.63) is 47.3 Å². The van der Waals surface area contributed by atoms with Crippen LogP contribution < -0.4 is 9.47 Å². The molecular formula is C20H22F3NO5. The Morgan fingerprint density at radius 2 is 1.76 bits per heavy atom. The van der Waals surface area contributed by atoms with Crippen molar-refractivity contribution in [3.63, 3.8) is 0 Å². The number of halogens is 3. The number of hydrogen-bond acceptors (Lipinski definition) is 5. The number of Topliss-reactive ketones (excluding diaryl/α,β-unsaturated/α-hetero) is 1. The predicted molar refractivity (Wildman–Crippen MR) is 98.4 cm³/mol. The number of hydrogen-bond donors (Lipinski definition) is 0. The van der Waals surface area contributed by atoms with Crippen LogP contribution in [0.2, 0.25) is 0 Å². The maximum atomic E-state index is 12.7. The van der Waals surface area contributed by atoms with E-state index >= 15 is 0 Å². The quantitative estimate of drug-likeness (QED) is 0.461. The number of rotatable bonds is 9. The molecule has 0 amide bonds. The SMILES string of the molecule is COc1ccccc1OCCC(=O)OCC(=O)c1cc(C)n(CC(F)(F)F)c1C. The predicted octanol–water partition coefficient (Wildman–Crippen LogP) is 3.87. The van der Waals surface area contributed by atoms with Crippen LogP contribution in [0.1, 0.15) is 28.2 Å². The molecule has 9 heteroatoms. The first-order valence-corrected chi connectivity index (χ1v) is 8.80. The number of methoxy groups -OCH3 is 1. The summed E-state index contributed by atoms with van der Waals surface area (Å²) >= 11 is 0. The molecule has 0 radical (unpaired) electrons. The van der Waals surface area contributed by atoms with Crippen LogP contribution in [-0.2, 0) is 16.1 Å². The van der Waals surface area contributed by atoms with Gasteiger partial charge in [0.15, 0.2) is 18.1 Å². The number of ether oxygens (including phenoxy) is 3. The zero-order valence-corrected chi connectivity index (χ0v) is 16.3. The summed E-state index contributed by atoms with van der Waals surface area (Å²) in [4.78, 5) is 24.1. The van der Waals surface area contributed by atoms with Crippen molar-refractivity contribution in [1.29, 1.82) is 0 Å². The minimum Gasteiger partial charge on any atom is -0.493 e. The standard InChI is InChI=1S/C20H22F3NO5/c1-13-10-15(14(2)24(13)12-20(21,22)23)16(25)11-29-19(26)8-9-28-18-7-5-4-6-17(18)27-3/h4-7,10H,8-9,11-12H2,1-3H3. The van der Waals surface area contributed by atoms with Gasteiger partial charge in [0.1, 0.15) is 6.54 Å². The Labute approximate surface area is 166 Å². The number of nitrogens with zero attached hydrogens (tertiary/aromatic N) is 1. The third-order valence-corrected chi connectivity index (χ3v) is 4.21. The third kappa shape index (κ3) is 6.27. The molecule has 0 saturated carbocycles. The lowest BCUT2D eigenvalue weighted by Gasteiger charge is -2.12. The number of alkyl halides is 3. The van der Waals surface area contributed by atoms with Crippen molar-refractivity contribution in [1.82, 2.24) is 4.57 Å². The van der Waals surface area contributed by atoms with Gasteiger partial charge < -0.3 is 18.8 Å². The first kappa shape index (κ1) is 22.3. The molecule has 0 unspecified atom stereocenters. The number of benzene rings is 1. The summed E-state index contributed by atoms with van der Waals surface area (Å²) < 4.78 is 54.5. The minimum atomic E-state index is -4.40. The molecule has 0 fully saturated rings. The number of ketones is 1. The lowest BCUT2D eigenvalue weighted by molar-refractivity contribution is -0.143. The van der Waals surface area contributed by atoms with E-state index in [0.717, 1.165) is 4.57 Å². The average Bonchev–Trinajstić information content (AvgIpc) is 2.93. The zero-order valence-electron chi connectivity index (χ0n) is 16.3. The number of aryl methyl sites for hydroxylation is 1. The van der Waals surface area contributed by atoms with Gasteiger partial charge in [-0.25, -0.2) is 0 Å². The van der Waals surface area contributed by atoms with Crippen LogP contribution in [0.25, 0.3) is 0 Å². The van der Waals surface area contributed by atoms with Crippen molar-refractivity contribution < 1.29 is 37.0 Å². The van der Waals surface area contributed by atoms with E-state index in [9.17, 15) is 22.8 Å². The number of carbonyl (C=O) groups excluding carboxylic acids is 2. The average molecular weight is 413 g/mol. The van der Waals surface area contributed by atoms with Gasteiger partial charge in [-0.3, -0.25) is 9.59 Å². The highest BCUT2D eigenvalue weighted by Crippen LogP contribution is 2.26. The van der Waals surface area contributed by atoms with Crippen LogP contribution in [0.15, 0.2) is 30.3 Å². The van der Waals surface area contributed by atoms with Crippen molar-refractivity contribution in [2.24, 2.45) is 0 Å². The van der Waals surface area contributed by atoms with Gasteiger partial charge >= 0.3 is 12.1 Å². The fraction of sp³-hybridized carbons (Fsp3) is 0.400. The maximum Gasteiger partial charge on any atom is 0.406 e. The van der Waals surface area contributed by atoms with E-state index in [-0.39, 0.29) is 24.3 Å². The number of esters is 1. The Kier molecular flexibility index (Phi) is 7.30. The first-order chi connectivity index (χ1) is 13.6. The Bertz CT molecular complexity index is 873. The highest BCUT2D eigenvalue weighted by atomic mass is 19.4. The van der Waals surface area contributed by atoms with E-state index < -0.39 is 31.1 Å². The molecular weight excluding hydrogens is 391 g/mol. The molecule has 158 valence electrons. The Morgan fingerprint density at radius 1 is 1.10 bits per heavy atom. The molecule has 0 N–H and O–H groups in total. The topological polar surface area (TPSA) is 66.8 Å². The molecule has 29 heavy (non-hydrogen) atoms. The molecule has 0 aliphatic carbocycles. The molecule has 1 aromatic heterocycles. The summed E-state index contributed by atoms with van der Waals surface area (Å²) in [6, 6.07) is 8.29. The monoisotopic (exact) mass is 413 g/mol. The van der Waals surface area contributed by atoms with E-state index in [4.69, 9.17) is 14.2 Å². The van der Waals surface area contributed by atoms with Gasteiger partial charge in [-0.15, -0.1) is 0 Å². The highest BCUT2D eigenvalue weighted by molar-refractivity contribution is 5.99. The lowest BCUT2D eigenvalue weighted by atomic mass is 10.1. The van der Waals surface area contributed by atoms with Crippen molar-refractivity contribution in [2.75, 3.05) is 20.3 Å². The third-order valence-electron chi connectivity index (χ3n) is 4.21. The van der Waals surface area contributed by atoms with Crippen LogP contribution in [0.3, 0.4) is 0 Å². The van der Waals surface area contributed by atoms with Crippen molar-refractivity contribution >= 4 is 11.8 Å². The molecule has 1 heterocycles. The summed E-state index contributed by atoms with van der Waals surface area (Å²) in [5, 5.41) is 0. The Morgan fingerprint density at radius 3 is 2.38 bits per heavy atom. The van der Waals surface area contributed by atoms with Crippen LogP contribution in [0.5, 0.6) is 11.5 Å². The molecule has 0 spiro atoms. The maximum absolute atomic E-state index is 12.7. The van der Waals surface area contributed by atoms with Gasteiger partial charge in [0.2, 0.25) is 5.78 Å². The summed E-state index contributed by atoms with van der Waals surface area (Å²) in [7, 11) is 1.49. The Hall–Kier alpha value is -2.97. The molecule has 1 aromatic carbocycles. The number of carbonyl (C=O) groups is 2. The van der Waals surface area contributed by atoms with E-state index in [2.05, 4.69) is 0 Å². The van der Waals surface area contributed by atoms with Crippen molar-refractivity contribution in [2.45, 2.75) is 33.0 Å². The van der Waals surface area contributed by atoms with E-state index in [1.807, 2.05) is 0 Å². The molecule has 0 aliphatic rings. The second-order valence-electron chi connectivity index (χ2n) is 6.32. The molecule has 2 aromatic rings. The normalized spacial score (nSPS) is 11.2. The van der Waals surface area contributed by atoms with Gasteiger partial charge in [-0.1, -0.05) is 12.1 Å². The first-order valence-electron chi connectivity index (χ1n) is 8.80. The summed E-state index contributed by atoms with van der Waals surface area (Å²) in [6.07, 6.45) is -4.50.